The molecule has 0 bridgehead atoms. The number of unbranched alkanes of at least 4 members (excludes halogenated alkanes) is 12. The van der Waals surface area contributed by atoms with Crippen molar-refractivity contribution in [3.05, 3.63) is 53.5 Å². The zero-order valence-corrected chi connectivity index (χ0v) is 23.5. The third kappa shape index (κ3) is 10.9. The fourth-order valence-corrected chi connectivity index (χ4v) is 5.19. The predicted octanol–water partition coefficient (Wildman–Crippen LogP) is 9.98. The van der Waals surface area contributed by atoms with Gasteiger partial charge in [0.1, 0.15) is 5.82 Å². The number of benzene rings is 1. The fraction of sp³-hybridized carbons (Fsp3) is 0.667. The van der Waals surface area contributed by atoms with E-state index in [-0.39, 0.29) is 12.1 Å². The standard InChI is InChI=1S/C33H50FNO2/c1-3-5-7-9-11-12-14-16-18-28-19-20-29(23-31(28)34)32-22-21-30(24-35-32)33-36-25-27(26-37-33)17-15-13-10-8-6-4-2/h19-24,27,33H,3-18,25-26H2,1-2H3. The van der Waals surface area contributed by atoms with Crippen molar-refractivity contribution in [3.8, 4) is 11.3 Å². The Morgan fingerprint density at radius 3 is 1.97 bits per heavy atom. The zero-order chi connectivity index (χ0) is 26.1. The van der Waals surface area contributed by atoms with Crippen LogP contribution < -0.4 is 0 Å². The van der Waals surface area contributed by atoms with E-state index < -0.39 is 0 Å². The third-order valence-electron chi connectivity index (χ3n) is 7.64. The van der Waals surface area contributed by atoms with Gasteiger partial charge in [-0.3, -0.25) is 4.98 Å². The Labute approximate surface area is 225 Å². The Morgan fingerprint density at radius 1 is 0.757 bits per heavy atom. The molecule has 0 unspecified atom stereocenters. The van der Waals surface area contributed by atoms with Crippen molar-refractivity contribution in [3.63, 3.8) is 0 Å². The second-order valence-electron chi connectivity index (χ2n) is 10.9. The summed E-state index contributed by atoms with van der Waals surface area (Å²) in [7, 11) is 0. The van der Waals surface area contributed by atoms with Gasteiger partial charge >= 0.3 is 0 Å². The molecule has 1 aromatic heterocycles. The van der Waals surface area contributed by atoms with Gasteiger partial charge < -0.3 is 9.47 Å². The van der Waals surface area contributed by atoms with Gasteiger partial charge in [-0.15, -0.1) is 0 Å². The van der Waals surface area contributed by atoms with Crippen LogP contribution in [0.15, 0.2) is 36.5 Å². The highest BCUT2D eigenvalue weighted by Crippen LogP contribution is 2.29. The van der Waals surface area contributed by atoms with Crippen molar-refractivity contribution < 1.29 is 13.9 Å². The van der Waals surface area contributed by atoms with Crippen LogP contribution in [0.2, 0.25) is 0 Å². The fourth-order valence-electron chi connectivity index (χ4n) is 5.19. The summed E-state index contributed by atoms with van der Waals surface area (Å²) in [4.78, 5) is 4.59. The van der Waals surface area contributed by atoms with Gasteiger partial charge in [-0.05, 0) is 37.0 Å². The summed E-state index contributed by atoms with van der Waals surface area (Å²) in [6, 6.07) is 9.48. The van der Waals surface area contributed by atoms with Crippen LogP contribution in [0.5, 0.6) is 0 Å². The van der Waals surface area contributed by atoms with Gasteiger partial charge in [-0.25, -0.2) is 4.39 Å². The average molecular weight is 512 g/mol. The summed E-state index contributed by atoms with van der Waals surface area (Å²) in [5.74, 6) is 0.364. The molecule has 0 saturated carbocycles. The van der Waals surface area contributed by atoms with E-state index in [1.165, 1.54) is 89.9 Å². The summed E-state index contributed by atoms with van der Waals surface area (Å²) in [5, 5.41) is 0. The quantitative estimate of drug-likeness (QED) is 0.187. The summed E-state index contributed by atoms with van der Waals surface area (Å²) >= 11 is 0. The normalized spacial score (nSPS) is 17.8. The van der Waals surface area contributed by atoms with Crippen molar-refractivity contribution in [1.82, 2.24) is 4.98 Å². The topological polar surface area (TPSA) is 31.4 Å². The Balaban J connectivity index is 1.38. The van der Waals surface area contributed by atoms with Gasteiger partial charge in [0, 0.05) is 23.2 Å². The molecular weight excluding hydrogens is 461 g/mol. The maximum atomic E-state index is 14.8. The average Bonchev–Trinajstić information content (AvgIpc) is 2.93. The van der Waals surface area contributed by atoms with Crippen LogP contribution in [-0.2, 0) is 15.9 Å². The molecule has 1 saturated heterocycles. The van der Waals surface area contributed by atoms with Crippen LogP contribution in [0.3, 0.4) is 0 Å². The number of rotatable bonds is 18. The van der Waals surface area contributed by atoms with Crippen LogP contribution in [0.1, 0.15) is 128 Å². The van der Waals surface area contributed by atoms with E-state index >= 15 is 0 Å². The molecule has 0 radical (unpaired) electrons. The highest BCUT2D eigenvalue weighted by atomic mass is 19.1. The number of halogens is 1. The van der Waals surface area contributed by atoms with Crippen molar-refractivity contribution in [1.29, 1.82) is 0 Å². The number of nitrogens with zero attached hydrogens (tertiary/aromatic N) is 1. The summed E-state index contributed by atoms with van der Waals surface area (Å²) in [5.41, 5.74) is 3.32. The third-order valence-corrected chi connectivity index (χ3v) is 7.64. The van der Waals surface area contributed by atoms with Gasteiger partial charge in [-0.1, -0.05) is 116 Å². The highest BCUT2D eigenvalue weighted by Gasteiger charge is 2.23. The van der Waals surface area contributed by atoms with Gasteiger partial charge in [0.2, 0.25) is 0 Å². The van der Waals surface area contributed by atoms with E-state index in [9.17, 15) is 4.39 Å². The van der Waals surface area contributed by atoms with Gasteiger partial charge in [0.25, 0.3) is 0 Å². The number of aryl methyl sites for hydroxylation is 1. The first-order valence-electron chi connectivity index (χ1n) is 15.2. The Kier molecular flexibility index (Phi) is 14.2. The predicted molar refractivity (Wildman–Crippen MR) is 152 cm³/mol. The maximum Gasteiger partial charge on any atom is 0.185 e. The van der Waals surface area contributed by atoms with Gasteiger partial charge in [0.05, 0.1) is 18.9 Å². The molecule has 1 aliphatic heterocycles. The van der Waals surface area contributed by atoms with E-state index in [2.05, 4.69) is 18.8 Å². The van der Waals surface area contributed by atoms with Gasteiger partial charge in [0.15, 0.2) is 6.29 Å². The molecule has 3 rings (SSSR count). The van der Waals surface area contributed by atoms with Crippen LogP contribution in [0.25, 0.3) is 11.3 Å². The van der Waals surface area contributed by atoms with Gasteiger partial charge in [-0.2, -0.15) is 0 Å². The Bertz CT molecular complexity index is 861. The molecule has 206 valence electrons. The molecule has 3 nitrogen and oxygen atoms in total. The summed E-state index contributed by atoms with van der Waals surface area (Å²) < 4.78 is 26.8. The molecule has 0 spiro atoms. The lowest BCUT2D eigenvalue weighted by Crippen LogP contribution is -2.27. The van der Waals surface area contributed by atoms with E-state index in [0.717, 1.165) is 48.4 Å². The first-order valence-corrected chi connectivity index (χ1v) is 15.2. The number of aromatic nitrogens is 1. The smallest absolute Gasteiger partial charge is 0.185 e. The minimum Gasteiger partial charge on any atom is -0.348 e. The Hall–Kier alpha value is -1.78. The van der Waals surface area contributed by atoms with Crippen LogP contribution in [-0.4, -0.2) is 18.2 Å². The van der Waals surface area contributed by atoms with Crippen molar-refractivity contribution in [2.24, 2.45) is 5.92 Å². The SMILES string of the molecule is CCCCCCCCCCc1ccc(-c2ccc(C3OCC(CCCCCCCC)CO3)cn2)cc1F. The largest absolute Gasteiger partial charge is 0.348 e. The first kappa shape index (κ1) is 29.8. The number of ether oxygens (including phenoxy) is 2. The highest BCUT2D eigenvalue weighted by molar-refractivity contribution is 5.59. The summed E-state index contributed by atoms with van der Waals surface area (Å²) in [6.07, 6.45) is 21.5. The lowest BCUT2D eigenvalue weighted by Gasteiger charge is -2.29. The van der Waals surface area contributed by atoms with E-state index in [1.54, 1.807) is 12.3 Å². The van der Waals surface area contributed by atoms with Crippen molar-refractivity contribution in [2.45, 2.75) is 123 Å². The molecule has 4 heteroatoms. The number of hydrogen-bond donors (Lipinski definition) is 0. The van der Waals surface area contributed by atoms with Crippen LogP contribution in [0, 0.1) is 11.7 Å². The molecule has 0 N–H and O–H groups in total. The van der Waals surface area contributed by atoms with E-state index in [0.29, 0.717) is 5.92 Å². The second kappa shape index (κ2) is 17.7. The monoisotopic (exact) mass is 511 g/mol. The molecule has 0 amide bonds. The molecule has 0 atom stereocenters. The molecular formula is C33H50FNO2. The first-order chi connectivity index (χ1) is 18.2. The molecule has 0 aliphatic carbocycles. The lowest BCUT2D eigenvalue weighted by atomic mass is 10.0. The minimum absolute atomic E-state index is 0.123. The summed E-state index contributed by atoms with van der Waals surface area (Å²) in [6.45, 7) is 5.99. The van der Waals surface area contributed by atoms with Crippen molar-refractivity contribution >= 4 is 0 Å². The van der Waals surface area contributed by atoms with E-state index in [4.69, 9.17) is 9.47 Å². The second-order valence-corrected chi connectivity index (χ2v) is 10.9. The molecule has 1 fully saturated rings. The Morgan fingerprint density at radius 2 is 1.38 bits per heavy atom. The lowest BCUT2D eigenvalue weighted by molar-refractivity contribution is -0.206. The molecule has 1 aromatic carbocycles. The minimum atomic E-state index is -0.354. The van der Waals surface area contributed by atoms with Crippen molar-refractivity contribution in [2.75, 3.05) is 13.2 Å². The molecule has 2 aromatic rings. The van der Waals surface area contributed by atoms with E-state index in [1.807, 2.05) is 24.3 Å². The van der Waals surface area contributed by atoms with Crippen LogP contribution in [0.4, 0.5) is 4.39 Å². The number of hydrogen-bond acceptors (Lipinski definition) is 3. The zero-order valence-electron chi connectivity index (χ0n) is 23.5. The molecule has 2 heterocycles. The maximum absolute atomic E-state index is 14.8. The van der Waals surface area contributed by atoms with Crippen LogP contribution >= 0.6 is 0 Å². The molecule has 1 aliphatic rings. The number of pyridine rings is 1. The molecule has 37 heavy (non-hydrogen) atoms.